The Morgan fingerprint density at radius 3 is 2.40 bits per heavy atom. The van der Waals surface area contributed by atoms with Gasteiger partial charge in [-0.1, -0.05) is 0 Å². The van der Waals surface area contributed by atoms with Crippen molar-refractivity contribution in [2.45, 2.75) is 6.92 Å². The topological polar surface area (TPSA) is 53.4 Å². The zero-order valence-electron chi connectivity index (χ0n) is 13.9. The standard InChI is InChI=1S/C19H17FN2O3/c1-3-25-19(23)17-12-18(13-4-6-14(20)7-5-13)22(21-17)15-8-10-16(24-2)11-9-15/h4-12H,3H2,1-2H3. The van der Waals surface area contributed by atoms with Crippen LogP contribution < -0.4 is 4.74 Å². The van der Waals surface area contributed by atoms with E-state index in [1.54, 1.807) is 49.0 Å². The summed E-state index contributed by atoms with van der Waals surface area (Å²) in [5.74, 6) is -0.118. The molecule has 1 heterocycles. The van der Waals surface area contributed by atoms with Crippen LogP contribution in [0.2, 0.25) is 0 Å². The molecule has 0 fully saturated rings. The summed E-state index contributed by atoms with van der Waals surface area (Å²) in [6.07, 6.45) is 0. The van der Waals surface area contributed by atoms with Crippen LogP contribution in [0.25, 0.3) is 16.9 Å². The van der Waals surface area contributed by atoms with Crippen molar-refractivity contribution >= 4 is 5.97 Å². The Bertz CT molecular complexity index is 871. The maximum Gasteiger partial charge on any atom is 0.358 e. The Morgan fingerprint density at radius 2 is 1.80 bits per heavy atom. The van der Waals surface area contributed by atoms with Gasteiger partial charge in [0.05, 0.1) is 25.1 Å². The summed E-state index contributed by atoms with van der Waals surface area (Å²) in [5.41, 5.74) is 2.33. The van der Waals surface area contributed by atoms with E-state index in [2.05, 4.69) is 5.10 Å². The monoisotopic (exact) mass is 340 g/mol. The van der Waals surface area contributed by atoms with Crippen molar-refractivity contribution in [3.63, 3.8) is 0 Å². The molecule has 0 spiro atoms. The summed E-state index contributed by atoms with van der Waals surface area (Å²) in [7, 11) is 1.59. The van der Waals surface area contributed by atoms with Crippen LogP contribution in [0.5, 0.6) is 5.75 Å². The zero-order valence-corrected chi connectivity index (χ0v) is 13.9. The minimum Gasteiger partial charge on any atom is -0.497 e. The van der Waals surface area contributed by atoms with Crippen molar-refractivity contribution in [3.8, 4) is 22.7 Å². The van der Waals surface area contributed by atoms with Crippen LogP contribution in [0.4, 0.5) is 4.39 Å². The number of benzene rings is 2. The first kappa shape index (κ1) is 16.7. The van der Waals surface area contributed by atoms with Crippen molar-refractivity contribution in [1.29, 1.82) is 0 Å². The predicted molar refractivity (Wildman–Crippen MR) is 91.5 cm³/mol. The van der Waals surface area contributed by atoms with Gasteiger partial charge >= 0.3 is 5.97 Å². The van der Waals surface area contributed by atoms with E-state index in [1.165, 1.54) is 12.1 Å². The number of hydrogen-bond acceptors (Lipinski definition) is 4. The predicted octanol–water partition coefficient (Wildman–Crippen LogP) is 3.86. The molecule has 0 saturated carbocycles. The van der Waals surface area contributed by atoms with Gasteiger partial charge < -0.3 is 9.47 Å². The molecular formula is C19H17FN2O3. The Labute approximate surface area is 144 Å². The van der Waals surface area contributed by atoms with Gasteiger partial charge in [-0.2, -0.15) is 5.10 Å². The molecule has 2 aromatic carbocycles. The molecule has 0 amide bonds. The number of aromatic nitrogens is 2. The zero-order chi connectivity index (χ0) is 17.8. The maximum atomic E-state index is 13.2. The molecule has 6 heteroatoms. The van der Waals surface area contributed by atoms with E-state index in [-0.39, 0.29) is 18.1 Å². The van der Waals surface area contributed by atoms with E-state index in [1.807, 2.05) is 12.1 Å². The molecule has 0 bridgehead atoms. The lowest BCUT2D eigenvalue weighted by Gasteiger charge is -2.08. The Kier molecular flexibility index (Phi) is 4.79. The smallest absolute Gasteiger partial charge is 0.358 e. The first-order valence-electron chi connectivity index (χ1n) is 7.80. The van der Waals surface area contributed by atoms with Crippen molar-refractivity contribution in [3.05, 3.63) is 66.1 Å². The molecular weight excluding hydrogens is 323 g/mol. The molecule has 3 aromatic rings. The molecule has 128 valence electrons. The Morgan fingerprint density at radius 1 is 1.12 bits per heavy atom. The number of halogens is 1. The lowest BCUT2D eigenvalue weighted by molar-refractivity contribution is 0.0519. The van der Waals surface area contributed by atoms with Crippen molar-refractivity contribution < 1.29 is 18.7 Å². The normalized spacial score (nSPS) is 10.5. The number of carbonyl (C=O) groups is 1. The second kappa shape index (κ2) is 7.17. The fraction of sp³-hybridized carbons (Fsp3) is 0.158. The second-order valence-electron chi connectivity index (χ2n) is 5.25. The van der Waals surface area contributed by atoms with E-state index in [4.69, 9.17) is 9.47 Å². The fourth-order valence-electron chi connectivity index (χ4n) is 2.43. The first-order valence-corrected chi connectivity index (χ1v) is 7.80. The molecule has 0 aliphatic rings. The van der Waals surface area contributed by atoms with Crippen molar-refractivity contribution in [2.24, 2.45) is 0 Å². The molecule has 0 aliphatic carbocycles. The first-order chi connectivity index (χ1) is 12.1. The molecule has 0 radical (unpaired) electrons. The van der Waals surface area contributed by atoms with Gasteiger partial charge in [-0.15, -0.1) is 0 Å². The average Bonchev–Trinajstić information content (AvgIpc) is 3.08. The van der Waals surface area contributed by atoms with E-state index in [0.29, 0.717) is 11.4 Å². The largest absolute Gasteiger partial charge is 0.497 e. The summed E-state index contributed by atoms with van der Waals surface area (Å²) in [4.78, 5) is 12.0. The van der Waals surface area contributed by atoms with E-state index in [9.17, 15) is 9.18 Å². The molecule has 3 rings (SSSR count). The summed E-state index contributed by atoms with van der Waals surface area (Å²) in [6, 6.07) is 14.9. The Balaban J connectivity index is 2.10. The third-order valence-electron chi connectivity index (χ3n) is 3.65. The third-order valence-corrected chi connectivity index (χ3v) is 3.65. The van der Waals surface area contributed by atoms with Gasteiger partial charge in [0.25, 0.3) is 0 Å². The van der Waals surface area contributed by atoms with Gasteiger partial charge in [0.2, 0.25) is 0 Å². The van der Waals surface area contributed by atoms with Crippen molar-refractivity contribution in [2.75, 3.05) is 13.7 Å². The van der Waals surface area contributed by atoms with E-state index < -0.39 is 5.97 Å². The molecule has 1 aromatic heterocycles. The minimum atomic E-state index is -0.502. The summed E-state index contributed by atoms with van der Waals surface area (Å²) in [6.45, 7) is 2.00. The Hall–Kier alpha value is -3.15. The fourth-order valence-corrected chi connectivity index (χ4v) is 2.43. The van der Waals surface area contributed by atoms with Crippen LogP contribution in [0.15, 0.2) is 54.6 Å². The highest BCUT2D eigenvalue weighted by molar-refractivity contribution is 5.89. The molecule has 0 saturated heterocycles. The van der Waals surface area contributed by atoms with Gasteiger partial charge in [0.15, 0.2) is 5.69 Å². The van der Waals surface area contributed by atoms with Crippen LogP contribution in [0, 0.1) is 5.82 Å². The average molecular weight is 340 g/mol. The molecule has 25 heavy (non-hydrogen) atoms. The number of rotatable bonds is 5. The molecule has 0 N–H and O–H groups in total. The SMILES string of the molecule is CCOC(=O)c1cc(-c2ccc(F)cc2)n(-c2ccc(OC)cc2)n1. The lowest BCUT2D eigenvalue weighted by Crippen LogP contribution is -2.06. The highest BCUT2D eigenvalue weighted by Crippen LogP contribution is 2.25. The van der Waals surface area contributed by atoms with Crippen LogP contribution in [0.1, 0.15) is 17.4 Å². The highest BCUT2D eigenvalue weighted by atomic mass is 19.1. The van der Waals surface area contributed by atoms with E-state index >= 15 is 0 Å². The summed E-state index contributed by atoms with van der Waals surface area (Å²) < 4.78 is 25.0. The number of nitrogens with zero attached hydrogens (tertiary/aromatic N) is 2. The molecule has 0 aliphatic heterocycles. The maximum absolute atomic E-state index is 13.2. The van der Waals surface area contributed by atoms with Gasteiger partial charge in [-0.3, -0.25) is 0 Å². The third kappa shape index (κ3) is 3.52. The quantitative estimate of drug-likeness (QED) is 0.662. The second-order valence-corrected chi connectivity index (χ2v) is 5.25. The lowest BCUT2D eigenvalue weighted by atomic mass is 10.1. The van der Waals surface area contributed by atoms with Crippen LogP contribution in [-0.2, 0) is 4.74 Å². The molecule has 0 atom stereocenters. The summed E-state index contributed by atoms with van der Waals surface area (Å²) in [5, 5.41) is 4.36. The van der Waals surface area contributed by atoms with E-state index in [0.717, 1.165) is 11.3 Å². The van der Waals surface area contributed by atoms with Crippen molar-refractivity contribution in [1.82, 2.24) is 9.78 Å². The minimum absolute atomic E-state index is 0.192. The molecule has 0 unspecified atom stereocenters. The van der Waals surface area contributed by atoms with Crippen LogP contribution in [-0.4, -0.2) is 29.5 Å². The van der Waals surface area contributed by atoms with Gasteiger partial charge in [-0.05, 0) is 61.5 Å². The van der Waals surface area contributed by atoms with Crippen LogP contribution in [0.3, 0.4) is 0 Å². The number of ether oxygens (including phenoxy) is 2. The van der Waals surface area contributed by atoms with Crippen LogP contribution >= 0.6 is 0 Å². The van der Waals surface area contributed by atoms with Gasteiger partial charge in [0, 0.05) is 5.56 Å². The van der Waals surface area contributed by atoms with Gasteiger partial charge in [-0.25, -0.2) is 13.9 Å². The number of methoxy groups -OCH3 is 1. The van der Waals surface area contributed by atoms with Gasteiger partial charge in [0.1, 0.15) is 11.6 Å². The summed E-state index contributed by atoms with van der Waals surface area (Å²) >= 11 is 0. The number of carbonyl (C=O) groups excluding carboxylic acids is 1. The number of hydrogen-bond donors (Lipinski definition) is 0. The molecule has 5 nitrogen and oxygen atoms in total. The number of esters is 1. The highest BCUT2D eigenvalue weighted by Gasteiger charge is 2.17.